The molecule has 0 spiro atoms. The number of nitrogens with zero attached hydrogens (tertiary/aromatic N) is 2. The van der Waals surface area contributed by atoms with Crippen LogP contribution in [0, 0.1) is 6.92 Å². The van der Waals surface area contributed by atoms with Crippen LogP contribution in [-0.4, -0.2) is 47.1 Å². The number of morpholine rings is 1. The molecule has 0 aliphatic carbocycles. The largest absolute Gasteiger partial charge is 0.373 e. The number of aryl methyl sites for hydroxylation is 1. The van der Waals surface area contributed by atoms with Crippen molar-refractivity contribution in [3.63, 3.8) is 0 Å². The third-order valence-electron chi connectivity index (χ3n) is 2.78. The number of rotatable bonds is 2. The van der Waals surface area contributed by atoms with Crippen molar-refractivity contribution in [3.8, 4) is 0 Å². The average molecular weight is 259 g/mol. The maximum absolute atomic E-state index is 12.2. The molecule has 1 amide bonds. The summed E-state index contributed by atoms with van der Waals surface area (Å²) in [5.74, 6) is 0.493. The van der Waals surface area contributed by atoms with Gasteiger partial charge in [-0.05, 0) is 13.8 Å². The lowest BCUT2D eigenvalue weighted by Gasteiger charge is -2.36. The molecule has 1 aliphatic rings. The van der Waals surface area contributed by atoms with Gasteiger partial charge in [0, 0.05) is 12.6 Å². The van der Waals surface area contributed by atoms with Crippen molar-refractivity contribution in [3.05, 3.63) is 17.5 Å². The molecule has 1 aromatic rings. The van der Waals surface area contributed by atoms with Crippen LogP contribution in [0.15, 0.2) is 10.6 Å². The highest BCUT2D eigenvalue weighted by atomic mass is 35.5. The first-order chi connectivity index (χ1) is 8.11. The Morgan fingerprint density at radius 3 is 3.06 bits per heavy atom. The SMILES string of the molecule is Cc1cc(C(=O)N2CC(CCl)OCC2C)on1. The molecule has 6 heteroatoms. The van der Waals surface area contributed by atoms with Crippen molar-refractivity contribution in [2.24, 2.45) is 0 Å². The van der Waals surface area contributed by atoms with Crippen molar-refractivity contribution >= 4 is 17.5 Å². The van der Waals surface area contributed by atoms with Gasteiger partial charge in [-0.1, -0.05) is 5.16 Å². The van der Waals surface area contributed by atoms with Crippen LogP contribution in [0.4, 0.5) is 0 Å². The molecule has 0 saturated carbocycles. The van der Waals surface area contributed by atoms with Gasteiger partial charge in [-0.2, -0.15) is 0 Å². The van der Waals surface area contributed by atoms with Gasteiger partial charge in [0.25, 0.3) is 5.91 Å². The fraction of sp³-hybridized carbons (Fsp3) is 0.636. The van der Waals surface area contributed by atoms with Crippen LogP contribution in [0.25, 0.3) is 0 Å². The van der Waals surface area contributed by atoms with Crippen LogP contribution in [0.2, 0.25) is 0 Å². The van der Waals surface area contributed by atoms with E-state index in [1.54, 1.807) is 17.9 Å². The second-order valence-corrected chi connectivity index (χ2v) is 4.56. The smallest absolute Gasteiger partial charge is 0.292 e. The summed E-state index contributed by atoms with van der Waals surface area (Å²) in [6.07, 6.45) is -0.110. The summed E-state index contributed by atoms with van der Waals surface area (Å²) in [6.45, 7) is 4.70. The highest BCUT2D eigenvalue weighted by molar-refractivity contribution is 6.18. The van der Waals surface area contributed by atoms with Gasteiger partial charge in [0.1, 0.15) is 0 Å². The maximum atomic E-state index is 12.2. The summed E-state index contributed by atoms with van der Waals surface area (Å²) in [7, 11) is 0. The monoisotopic (exact) mass is 258 g/mol. The first-order valence-corrected chi connectivity index (χ1v) is 6.07. The summed E-state index contributed by atoms with van der Waals surface area (Å²) in [4.78, 5) is 13.9. The summed E-state index contributed by atoms with van der Waals surface area (Å²) < 4.78 is 10.5. The van der Waals surface area contributed by atoms with Crippen LogP contribution in [0.5, 0.6) is 0 Å². The van der Waals surface area contributed by atoms with Gasteiger partial charge in [0.15, 0.2) is 0 Å². The van der Waals surface area contributed by atoms with Crippen molar-refractivity contribution in [2.75, 3.05) is 19.0 Å². The summed E-state index contributed by atoms with van der Waals surface area (Å²) >= 11 is 5.75. The number of halogens is 1. The van der Waals surface area contributed by atoms with Gasteiger partial charge in [0.2, 0.25) is 5.76 Å². The number of alkyl halides is 1. The average Bonchev–Trinajstić information content (AvgIpc) is 2.76. The van der Waals surface area contributed by atoms with E-state index in [1.165, 1.54) is 0 Å². The zero-order chi connectivity index (χ0) is 12.4. The third kappa shape index (κ3) is 2.61. The Bertz CT molecular complexity index is 407. The first-order valence-electron chi connectivity index (χ1n) is 5.53. The molecule has 0 N–H and O–H groups in total. The number of carbonyl (C=O) groups is 1. The Labute approximate surface area is 105 Å². The van der Waals surface area contributed by atoms with Crippen LogP contribution < -0.4 is 0 Å². The molecule has 0 bridgehead atoms. The van der Waals surface area contributed by atoms with Gasteiger partial charge >= 0.3 is 0 Å². The minimum atomic E-state index is -0.156. The van der Waals surface area contributed by atoms with Gasteiger partial charge in [-0.15, -0.1) is 11.6 Å². The van der Waals surface area contributed by atoms with E-state index in [9.17, 15) is 4.79 Å². The molecule has 2 atom stereocenters. The van der Waals surface area contributed by atoms with Gasteiger partial charge in [-0.3, -0.25) is 4.79 Å². The molecular formula is C11H15ClN2O3. The predicted octanol–water partition coefficient (Wildman–Crippen LogP) is 1.45. The maximum Gasteiger partial charge on any atom is 0.292 e. The molecule has 1 aromatic heterocycles. The van der Waals surface area contributed by atoms with E-state index in [4.69, 9.17) is 20.9 Å². The van der Waals surface area contributed by atoms with Crippen molar-refractivity contribution < 1.29 is 14.1 Å². The molecule has 2 heterocycles. The van der Waals surface area contributed by atoms with E-state index in [2.05, 4.69) is 5.16 Å². The van der Waals surface area contributed by atoms with E-state index in [-0.39, 0.29) is 23.8 Å². The fourth-order valence-electron chi connectivity index (χ4n) is 1.80. The molecule has 1 fully saturated rings. The number of amides is 1. The molecule has 0 aromatic carbocycles. The van der Waals surface area contributed by atoms with Crippen molar-refractivity contribution in [1.82, 2.24) is 10.1 Å². The zero-order valence-electron chi connectivity index (χ0n) is 9.85. The molecule has 0 radical (unpaired) electrons. The number of aromatic nitrogens is 1. The summed E-state index contributed by atoms with van der Waals surface area (Å²) in [5.41, 5.74) is 0.697. The number of hydrogen-bond donors (Lipinski definition) is 0. The predicted molar refractivity (Wildman–Crippen MR) is 62.2 cm³/mol. The minimum Gasteiger partial charge on any atom is -0.373 e. The molecule has 1 aliphatic heterocycles. The van der Waals surface area contributed by atoms with Crippen LogP contribution in [-0.2, 0) is 4.74 Å². The number of hydrogen-bond acceptors (Lipinski definition) is 4. The van der Waals surface area contributed by atoms with E-state index in [1.807, 2.05) is 6.92 Å². The Morgan fingerprint density at radius 2 is 2.47 bits per heavy atom. The summed E-state index contributed by atoms with van der Waals surface area (Å²) in [5, 5.41) is 3.72. The topological polar surface area (TPSA) is 55.6 Å². The molecule has 5 nitrogen and oxygen atoms in total. The molecule has 94 valence electrons. The number of ether oxygens (including phenoxy) is 1. The lowest BCUT2D eigenvalue weighted by molar-refractivity contribution is -0.0383. The molecule has 2 rings (SSSR count). The van der Waals surface area contributed by atoms with Gasteiger partial charge < -0.3 is 14.2 Å². The molecule has 1 saturated heterocycles. The first kappa shape index (κ1) is 12.4. The zero-order valence-corrected chi connectivity index (χ0v) is 10.6. The third-order valence-corrected chi connectivity index (χ3v) is 3.12. The molecule has 2 unspecified atom stereocenters. The highest BCUT2D eigenvalue weighted by Crippen LogP contribution is 2.16. The Balaban J connectivity index is 2.12. The number of carbonyl (C=O) groups excluding carboxylic acids is 1. The Morgan fingerprint density at radius 1 is 1.71 bits per heavy atom. The Kier molecular flexibility index (Phi) is 3.69. The van der Waals surface area contributed by atoms with Gasteiger partial charge in [-0.25, -0.2) is 0 Å². The van der Waals surface area contributed by atoms with E-state index in [0.717, 1.165) is 0 Å². The fourth-order valence-corrected chi connectivity index (χ4v) is 1.99. The normalized spacial score (nSPS) is 25.0. The van der Waals surface area contributed by atoms with Crippen LogP contribution >= 0.6 is 11.6 Å². The lowest BCUT2D eigenvalue weighted by Crippen LogP contribution is -2.51. The van der Waals surface area contributed by atoms with Crippen LogP contribution in [0.1, 0.15) is 23.2 Å². The van der Waals surface area contributed by atoms with E-state index >= 15 is 0 Å². The van der Waals surface area contributed by atoms with Crippen molar-refractivity contribution in [2.45, 2.75) is 26.0 Å². The standard InChI is InChI=1S/C11H15ClN2O3/c1-7-3-10(17-13-7)11(15)14-5-9(4-12)16-6-8(14)2/h3,8-9H,4-6H2,1-2H3. The summed E-state index contributed by atoms with van der Waals surface area (Å²) in [6, 6.07) is 1.66. The van der Waals surface area contributed by atoms with Gasteiger partial charge in [0.05, 0.1) is 30.3 Å². The lowest BCUT2D eigenvalue weighted by atomic mass is 10.2. The Hall–Kier alpha value is -1.07. The second-order valence-electron chi connectivity index (χ2n) is 4.25. The van der Waals surface area contributed by atoms with Crippen molar-refractivity contribution in [1.29, 1.82) is 0 Å². The highest BCUT2D eigenvalue weighted by Gasteiger charge is 2.31. The molecule has 17 heavy (non-hydrogen) atoms. The minimum absolute atomic E-state index is 0.0207. The molecular weight excluding hydrogens is 244 g/mol. The van der Waals surface area contributed by atoms with Crippen LogP contribution in [0.3, 0.4) is 0 Å². The second kappa shape index (κ2) is 5.06. The quantitative estimate of drug-likeness (QED) is 0.754. The van der Waals surface area contributed by atoms with E-state index in [0.29, 0.717) is 24.7 Å². The van der Waals surface area contributed by atoms with E-state index < -0.39 is 0 Å².